The van der Waals surface area contributed by atoms with Gasteiger partial charge in [-0.1, -0.05) is 28.0 Å². The standard InChI is InChI=1S/C16H22N2O3S2/c1-21-13-8-6-12(7-9-13)16(20)18-17-15(19)5-3-2-4-14-10-11-22-23-14/h6-9,14H,2-5,10-11H2,1H3,(H,17,19)(H,18,20). The van der Waals surface area contributed by atoms with Crippen LogP contribution in [0.1, 0.15) is 42.5 Å². The summed E-state index contributed by atoms with van der Waals surface area (Å²) in [4.78, 5) is 23.6. The summed E-state index contributed by atoms with van der Waals surface area (Å²) in [6.07, 6.45) is 4.79. The molecule has 1 aromatic carbocycles. The number of methoxy groups -OCH3 is 1. The second-order valence-corrected chi connectivity index (χ2v) is 8.09. The fourth-order valence-electron chi connectivity index (χ4n) is 2.23. The largest absolute Gasteiger partial charge is 0.497 e. The van der Waals surface area contributed by atoms with Crippen molar-refractivity contribution >= 4 is 33.4 Å². The summed E-state index contributed by atoms with van der Waals surface area (Å²) in [6, 6.07) is 6.71. The number of carbonyl (C=O) groups excluding carboxylic acids is 2. The third-order valence-electron chi connectivity index (χ3n) is 3.57. The van der Waals surface area contributed by atoms with Crippen molar-refractivity contribution in [1.82, 2.24) is 10.9 Å². The molecule has 0 saturated carbocycles. The zero-order chi connectivity index (χ0) is 16.5. The van der Waals surface area contributed by atoms with Crippen molar-refractivity contribution in [2.24, 2.45) is 0 Å². The van der Waals surface area contributed by atoms with E-state index in [1.807, 2.05) is 21.6 Å². The number of carbonyl (C=O) groups is 2. The van der Waals surface area contributed by atoms with Gasteiger partial charge in [-0.2, -0.15) is 0 Å². The van der Waals surface area contributed by atoms with Crippen LogP contribution in [-0.2, 0) is 4.79 Å². The maximum absolute atomic E-state index is 11.9. The van der Waals surface area contributed by atoms with E-state index in [1.54, 1.807) is 31.4 Å². The first-order valence-electron chi connectivity index (χ1n) is 7.70. The van der Waals surface area contributed by atoms with Crippen LogP contribution < -0.4 is 15.6 Å². The number of ether oxygens (including phenoxy) is 1. The van der Waals surface area contributed by atoms with Gasteiger partial charge in [0.15, 0.2) is 0 Å². The minimum Gasteiger partial charge on any atom is -0.497 e. The third-order valence-corrected chi connectivity index (χ3v) is 6.58. The highest BCUT2D eigenvalue weighted by molar-refractivity contribution is 8.77. The molecule has 0 spiro atoms. The molecule has 1 unspecified atom stereocenters. The Bertz CT molecular complexity index is 517. The van der Waals surface area contributed by atoms with Crippen molar-refractivity contribution in [2.75, 3.05) is 12.9 Å². The molecular weight excluding hydrogens is 332 g/mol. The second-order valence-electron chi connectivity index (χ2n) is 5.31. The summed E-state index contributed by atoms with van der Waals surface area (Å²) in [6.45, 7) is 0. The SMILES string of the molecule is COc1ccc(C(=O)NNC(=O)CCCCC2CCSS2)cc1. The van der Waals surface area contributed by atoms with E-state index in [9.17, 15) is 9.59 Å². The molecule has 2 amide bonds. The molecule has 23 heavy (non-hydrogen) atoms. The summed E-state index contributed by atoms with van der Waals surface area (Å²) in [7, 11) is 5.47. The van der Waals surface area contributed by atoms with E-state index in [0.717, 1.165) is 18.1 Å². The van der Waals surface area contributed by atoms with E-state index < -0.39 is 0 Å². The van der Waals surface area contributed by atoms with Gasteiger partial charge >= 0.3 is 0 Å². The van der Waals surface area contributed by atoms with Gasteiger partial charge in [-0.15, -0.1) is 0 Å². The highest BCUT2D eigenvalue weighted by Crippen LogP contribution is 2.39. The second kappa shape index (κ2) is 9.72. The Balaban J connectivity index is 1.60. The maximum atomic E-state index is 11.9. The molecule has 7 heteroatoms. The number of hydrogen-bond donors (Lipinski definition) is 2. The van der Waals surface area contributed by atoms with Crippen molar-refractivity contribution in [3.05, 3.63) is 29.8 Å². The third kappa shape index (κ3) is 6.35. The molecule has 2 N–H and O–H groups in total. The lowest BCUT2D eigenvalue weighted by Crippen LogP contribution is -2.41. The number of rotatable bonds is 7. The lowest BCUT2D eigenvalue weighted by atomic mass is 10.1. The van der Waals surface area contributed by atoms with Crippen molar-refractivity contribution in [3.63, 3.8) is 0 Å². The molecule has 1 aromatic rings. The Morgan fingerprint density at radius 1 is 1.22 bits per heavy atom. The zero-order valence-corrected chi connectivity index (χ0v) is 14.8. The Morgan fingerprint density at radius 2 is 2.00 bits per heavy atom. The van der Waals surface area contributed by atoms with Gasteiger partial charge in [0, 0.05) is 23.0 Å². The van der Waals surface area contributed by atoms with Gasteiger partial charge in [0.25, 0.3) is 5.91 Å². The number of benzene rings is 1. The average molecular weight is 354 g/mol. The summed E-state index contributed by atoms with van der Waals surface area (Å²) in [5, 5.41) is 0.748. The lowest BCUT2D eigenvalue weighted by molar-refractivity contribution is -0.122. The van der Waals surface area contributed by atoms with Crippen LogP contribution in [0, 0.1) is 0 Å². The fraction of sp³-hybridized carbons (Fsp3) is 0.500. The number of amides is 2. The summed E-state index contributed by atoms with van der Waals surface area (Å²) in [5.74, 6) is 1.44. The lowest BCUT2D eigenvalue weighted by Gasteiger charge is -2.09. The quantitative estimate of drug-likeness (QED) is 0.447. The van der Waals surface area contributed by atoms with Crippen molar-refractivity contribution in [1.29, 1.82) is 0 Å². The van der Waals surface area contributed by atoms with Crippen LogP contribution in [0.4, 0.5) is 0 Å². The Labute approximate surface area is 144 Å². The van der Waals surface area contributed by atoms with Gasteiger partial charge in [-0.05, 0) is 43.5 Å². The number of nitrogens with one attached hydrogen (secondary N) is 2. The van der Waals surface area contributed by atoms with Gasteiger partial charge in [0.1, 0.15) is 5.75 Å². The molecule has 2 rings (SSSR count). The van der Waals surface area contributed by atoms with Crippen LogP contribution in [0.25, 0.3) is 0 Å². The molecule has 0 radical (unpaired) electrons. The molecule has 0 aliphatic carbocycles. The van der Waals surface area contributed by atoms with E-state index >= 15 is 0 Å². The Morgan fingerprint density at radius 3 is 2.65 bits per heavy atom. The van der Waals surface area contributed by atoms with E-state index in [1.165, 1.54) is 18.6 Å². The summed E-state index contributed by atoms with van der Waals surface area (Å²) in [5.41, 5.74) is 5.36. The highest BCUT2D eigenvalue weighted by Gasteiger charge is 2.16. The molecule has 1 fully saturated rings. The summed E-state index contributed by atoms with van der Waals surface area (Å²) >= 11 is 0. The molecule has 1 heterocycles. The number of hydrazine groups is 1. The predicted molar refractivity (Wildman–Crippen MR) is 95.5 cm³/mol. The monoisotopic (exact) mass is 354 g/mol. The Kier molecular flexibility index (Phi) is 7.61. The van der Waals surface area contributed by atoms with Crippen LogP contribution in [0.5, 0.6) is 5.75 Å². The van der Waals surface area contributed by atoms with E-state index in [2.05, 4.69) is 10.9 Å². The molecule has 0 bridgehead atoms. The highest BCUT2D eigenvalue weighted by atomic mass is 33.1. The predicted octanol–water partition coefficient (Wildman–Crippen LogP) is 3.17. The topological polar surface area (TPSA) is 67.4 Å². The normalized spacial score (nSPS) is 16.8. The number of hydrogen-bond acceptors (Lipinski definition) is 5. The Hall–Kier alpha value is -1.34. The van der Waals surface area contributed by atoms with Crippen LogP contribution in [0.2, 0.25) is 0 Å². The number of unbranched alkanes of at least 4 members (excludes halogenated alkanes) is 1. The van der Waals surface area contributed by atoms with Crippen molar-refractivity contribution < 1.29 is 14.3 Å². The van der Waals surface area contributed by atoms with Gasteiger partial charge in [-0.3, -0.25) is 20.4 Å². The van der Waals surface area contributed by atoms with Gasteiger partial charge in [0.2, 0.25) is 5.91 Å². The van der Waals surface area contributed by atoms with Crippen molar-refractivity contribution in [2.45, 2.75) is 37.4 Å². The molecule has 1 saturated heterocycles. The smallest absolute Gasteiger partial charge is 0.269 e. The van der Waals surface area contributed by atoms with E-state index in [4.69, 9.17) is 4.74 Å². The van der Waals surface area contributed by atoms with Gasteiger partial charge < -0.3 is 4.74 Å². The van der Waals surface area contributed by atoms with Gasteiger partial charge in [0.05, 0.1) is 7.11 Å². The first kappa shape index (κ1) is 18.0. The van der Waals surface area contributed by atoms with Crippen molar-refractivity contribution in [3.8, 4) is 5.75 Å². The minimum atomic E-state index is -0.333. The molecule has 126 valence electrons. The minimum absolute atomic E-state index is 0.152. The van der Waals surface area contributed by atoms with Crippen LogP contribution in [-0.4, -0.2) is 29.9 Å². The van der Waals surface area contributed by atoms with Crippen LogP contribution in [0.15, 0.2) is 24.3 Å². The van der Waals surface area contributed by atoms with Crippen LogP contribution in [0.3, 0.4) is 0 Å². The molecule has 5 nitrogen and oxygen atoms in total. The molecule has 1 aliphatic heterocycles. The first-order chi connectivity index (χ1) is 11.2. The molecule has 1 aliphatic rings. The summed E-state index contributed by atoms with van der Waals surface area (Å²) < 4.78 is 5.03. The van der Waals surface area contributed by atoms with Gasteiger partial charge in [-0.25, -0.2) is 0 Å². The molecular formula is C16H22N2O3S2. The van der Waals surface area contributed by atoms with Crippen LogP contribution >= 0.6 is 21.6 Å². The van der Waals surface area contributed by atoms with E-state index in [-0.39, 0.29) is 11.8 Å². The molecule has 0 aromatic heterocycles. The molecule has 1 atom stereocenters. The first-order valence-corrected chi connectivity index (χ1v) is 10.1. The maximum Gasteiger partial charge on any atom is 0.269 e. The fourth-order valence-corrected chi connectivity index (χ4v) is 5.25. The van der Waals surface area contributed by atoms with E-state index in [0.29, 0.717) is 17.7 Å². The zero-order valence-electron chi connectivity index (χ0n) is 13.2. The average Bonchev–Trinajstić information content (AvgIpc) is 3.10.